The van der Waals surface area contributed by atoms with Crippen LogP contribution >= 0.6 is 0 Å². The summed E-state index contributed by atoms with van der Waals surface area (Å²) in [5.41, 5.74) is 3.32. The number of carbonyl (C=O) groups is 1. The predicted octanol–water partition coefficient (Wildman–Crippen LogP) is 4.51. The third-order valence-corrected chi connectivity index (χ3v) is 4.75. The third-order valence-electron chi connectivity index (χ3n) is 4.75. The Labute approximate surface area is 141 Å². The second kappa shape index (κ2) is 4.70. The molecule has 5 nitrogen and oxygen atoms in total. The molecule has 3 aromatic carbocycles. The minimum atomic E-state index is -0.412. The van der Waals surface area contributed by atoms with Gasteiger partial charge in [0, 0.05) is 28.6 Å². The number of nitro benzene ring substituents is 1. The Morgan fingerprint density at radius 3 is 2.56 bits per heavy atom. The van der Waals surface area contributed by atoms with Crippen molar-refractivity contribution >= 4 is 33.1 Å². The number of non-ortho nitro benzene ring substituents is 1. The van der Waals surface area contributed by atoms with Crippen LogP contribution in [0.15, 0.2) is 60.8 Å². The Balaban J connectivity index is 2.00. The van der Waals surface area contributed by atoms with Crippen LogP contribution < -0.4 is 0 Å². The van der Waals surface area contributed by atoms with E-state index in [0.717, 1.165) is 16.5 Å². The highest BCUT2D eigenvalue weighted by atomic mass is 16.6. The lowest BCUT2D eigenvalue weighted by molar-refractivity contribution is -0.383. The smallest absolute Gasteiger partial charge is 0.277 e. The molecule has 0 radical (unpaired) electrons. The zero-order chi connectivity index (χ0) is 17.1. The van der Waals surface area contributed by atoms with Crippen molar-refractivity contribution in [1.29, 1.82) is 0 Å². The molecule has 1 aliphatic rings. The van der Waals surface area contributed by atoms with E-state index in [2.05, 4.69) is 4.98 Å². The molecule has 0 atom stereocenters. The highest BCUT2D eigenvalue weighted by Gasteiger charge is 2.29. The molecule has 5 heteroatoms. The fraction of sp³-hybridized carbons (Fsp3) is 0. The van der Waals surface area contributed by atoms with Crippen molar-refractivity contribution in [3.05, 3.63) is 82.0 Å². The summed E-state index contributed by atoms with van der Waals surface area (Å²) >= 11 is 0. The molecule has 0 unspecified atom stereocenters. The molecule has 5 rings (SSSR count). The summed E-state index contributed by atoms with van der Waals surface area (Å²) in [6.45, 7) is 0. The summed E-state index contributed by atoms with van der Waals surface area (Å²) in [7, 11) is 0. The first-order valence-electron chi connectivity index (χ1n) is 7.80. The van der Waals surface area contributed by atoms with Crippen LogP contribution in [0.25, 0.3) is 32.8 Å². The summed E-state index contributed by atoms with van der Waals surface area (Å²) in [4.78, 5) is 28.5. The first-order chi connectivity index (χ1) is 12.2. The van der Waals surface area contributed by atoms with E-state index >= 15 is 0 Å². The zero-order valence-electron chi connectivity index (χ0n) is 12.9. The zero-order valence-corrected chi connectivity index (χ0v) is 12.9. The van der Waals surface area contributed by atoms with Gasteiger partial charge < -0.3 is 0 Å². The minimum absolute atomic E-state index is 0.00997. The number of nitro groups is 1. The van der Waals surface area contributed by atoms with Crippen molar-refractivity contribution in [2.24, 2.45) is 0 Å². The number of hydrogen-bond acceptors (Lipinski definition) is 4. The fourth-order valence-electron chi connectivity index (χ4n) is 3.70. The summed E-state index contributed by atoms with van der Waals surface area (Å²) in [6, 6.07) is 15.9. The van der Waals surface area contributed by atoms with Crippen LogP contribution in [0.1, 0.15) is 15.9 Å². The molecule has 0 spiro atoms. The Hall–Kier alpha value is -3.60. The average Bonchev–Trinajstić information content (AvgIpc) is 2.64. The van der Waals surface area contributed by atoms with Crippen molar-refractivity contribution in [2.75, 3.05) is 0 Å². The van der Waals surface area contributed by atoms with E-state index in [1.807, 2.05) is 24.3 Å². The lowest BCUT2D eigenvalue weighted by atomic mass is 9.81. The Morgan fingerprint density at radius 1 is 0.880 bits per heavy atom. The SMILES string of the molecule is O=C1c2c(ccc3cccnc23)-c2ccc([N+](=O)[O-])c3cccc1c23. The summed E-state index contributed by atoms with van der Waals surface area (Å²) in [5.74, 6) is -0.141. The van der Waals surface area contributed by atoms with E-state index in [1.165, 1.54) is 6.07 Å². The number of ketones is 1. The van der Waals surface area contributed by atoms with Crippen molar-refractivity contribution in [1.82, 2.24) is 4.98 Å². The van der Waals surface area contributed by atoms with Crippen molar-refractivity contribution in [3.63, 3.8) is 0 Å². The lowest BCUT2D eigenvalue weighted by Gasteiger charge is -2.20. The van der Waals surface area contributed by atoms with Crippen molar-refractivity contribution in [2.45, 2.75) is 0 Å². The molecule has 0 saturated carbocycles. The number of fused-ring (bicyclic) bond motifs is 4. The molecule has 0 N–H and O–H groups in total. The molecule has 1 aromatic heterocycles. The number of nitrogens with zero attached hydrogens (tertiary/aromatic N) is 2. The molecular weight excluding hydrogens is 316 g/mol. The Bertz CT molecular complexity index is 1240. The van der Waals surface area contributed by atoms with Crippen LogP contribution in [0, 0.1) is 10.1 Å². The second-order valence-corrected chi connectivity index (χ2v) is 6.01. The van der Waals surface area contributed by atoms with Gasteiger partial charge in [-0.15, -0.1) is 0 Å². The molecule has 118 valence electrons. The molecule has 4 aromatic rings. The van der Waals surface area contributed by atoms with Gasteiger partial charge in [-0.25, -0.2) is 0 Å². The minimum Gasteiger partial charge on any atom is -0.288 e. The number of benzene rings is 3. The van der Waals surface area contributed by atoms with Crippen LogP contribution in [0.5, 0.6) is 0 Å². The maximum atomic E-state index is 13.2. The topological polar surface area (TPSA) is 73.1 Å². The number of hydrogen-bond donors (Lipinski definition) is 0. The molecule has 0 saturated heterocycles. The first-order valence-corrected chi connectivity index (χ1v) is 7.80. The quantitative estimate of drug-likeness (QED) is 0.335. The summed E-state index contributed by atoms with van der Waals surface area (Å²) in [6.07, 6.45) is 1.67. The lowest BCUT2D eigenvalue weighted by Crippen LogP contribution is -2.11. The highest BCUT2D eigenvalue weighted by Crippen LogP contribution is 2.43. The van der Waals surface area contributed by atoms with Gasteiger partial charge in [0.1, 0.15) is 0 Å². The molecule has 25 heavy (non-hydrogen) atoms. The molecule has 0 amide bonds. The van der Waals surface area contributed by atoms with E-state index in [0.29, 0.717) is 27.4 Å². The van der Waals surface area contributed by atoms with Crippen molar-refractivity contribution in [3.8, 4) is 11.1 Å². The first kappa shape index (κ1) is 13.8. The van der Waals surface area contributed by atoms with Gasteiger partial charge in [-0.2, -0.15) is 0 Å². The van der Waals surface area contributed by atoms with E-state index in [9.17, 15) is 14.9 Å². The van der Waals surface area contributed by atoms with E-state index < -0.39 is 4.92 Å². The molecule has 0 aliphatic heterocycles. The van der Waals surface area contributed by atoms with Crippen LogP contribution in [-0.2, 0) is 0 Å². The second-order valence-electron chi connectivity index (χ2n) is 6.01. The van der Waals surface area contributed by atoms with Gasteiger partial charge in [-0.3, -0.25) is 19.9 Å². The highest BCUT2D eigenvalue weighted by molar-refractivity contribution is 6.30. The standard InChI is InChI=1S/C20H10N2O3/c23-20-15-5-1-4-14-16(22(24)25)9-8-12(17(14)15)13-7-6-11-3-2-10-21-19(11)18(13)20/h1-10H. The van der Waals surface area contributed by atoms with Crippen LogP contribution in [0.4, 0.5) is 5.69 Å². The molecule has 1 heterocycles. The van der Waals surface area contributed by atoms with Gasteiger partial charge in [0.05, 0.1) is 21.4 Å². The molecule has 0 bridgehead atoms. The van der Waals surface area contributed by atoms with Crippen LogP contribution in [-0.4, -0.2) is 15.7 Å². The maximum absolute atomic E-state index is 13.2. The van der Waals surface area contributed by atoms with E-state index in [-0.39, 0.29) is 11.5 Å². The van der Waals surface area contributed by atoms with Gasteiger partial charge in [0.2, 0.25) is 0 Å². The predicted molar refractivity (Wildman–Crippen MR) is 94.8 cm³/mol. The summed E-state index contributed by atoms with van der Waals surface area (Å²) < 4.78 is 0. The number of pyridine rings is 1. The fourth-order valence-corrected chi connectivity index (χ4v) is 3.70. The van der Waals surface area contributed by atoms with Gasteiger partial charge in [0.25, 0.3) is 5.69 Å². The molecular formula is C20H10N2O3. The Kier molecular flexibility index (Phi) is 2.60. The normalized spacial score (nSPS) is 12.4. The van der Waals surface area contributed by atoms with E-state index in [1.54, 1.807) is 30.5 Å². The number of rotatable bonds is 1. The van der Waals surface area contributed by atoms with Gasteiger partial charge in [-0.1, -0.05) is 30.3 Å². The summed E-state index contributed by atoms with van der Waals surface area (Å²) in [5, 5.41) is 13.4. The van der Waals surface area contributed by atoms with Crippen molar-refractivity contribution < 1.29 is 9.72 Å². The van der Waals surface area contributed by atoms with Gasteiger partial charge in [0.15, 0.2) is 5.78 Å². The van der Waals surface area contributed by atoms with Gasteiger partial charge >= 0.3 is 0 Å². The Morgan fingerprint density at radius 2 is 1.72 bits per heavy atom. The number of aromatic nitrogens is 1. The molecule has 0 fully saturated rings. The maximum Gasteiger partial charge on any atom is 0.277 e. The van der Waals surface area contributed by atoms with Crippen LogP contribution in [0.2, 0.25) is 0 Å². The largest absolute Gasteiger partial charge is 0.288 e. The average molecular weight is 326 g/mol. The molecule has 1 aliphatic carbocycles. The van der Waals surface area contributed by atoms with Gasteiger partial charge in [-0.05, 0) is 29.3 Å². The number of carbonyl (C=O) groups excluding carboxylic acids is 1. The monoisotopic (exact) mass is 326 g/mol. The van der Waals surface area contributed by atoms with E-state index in [4.69, 9.17) is 0 Å². The van der Waals surface area contributed by atoms with Crippen LogP contribution in [0.3, 0.4) is 0 Å². The third kappa shape index (κ3) is 1.72.